The monoisotopic (exact) mass is 317 g/mol. The van der Waals surface area contributed by atoms with Crippen LogP contribution in [0.15, 0.2) is 36.7 Å². The summed E-state index contributed by atoms with van der Waals surface area (Å²) in [6.07, 6.45) is 3.00. The van der Waals surface area contributed by atoms with Crippen LogP contribution >= 0.6 is 0 Å². The Labute approximate surface area is 134 Å². The number of anilines is 2. The summed E-state index contributed by atoms with van der Waals surface area (Å²) < 4.78 is 6.21. The number of aromatic nitrogens is 2. The van der Waals surface area contributed by atoms with Gasteiger partial charge in [0.05, 0.1) is 19.9 Å². The lowest BCUT2D eigenvalue weighted by Crippen LogP contribution is -2.30. The van der Waals surface area contributed by atoms with Crippen molar-refractivity contribution in [1.29, 1.82) is 0 Å². The molecule has 2 rings (SSSR count). The Morgan fingerprint density at radius 2 is 2.00 bits per heavy atom. The Balaban J connectivity index is 1.96. The van der Waals surface area contributed by atoms with Crippen molar-refractivity contribution >= 4 is 23.5 Å². The Kier molecular flexibility index (Phi) is 5.19. The van der Waals surface area contributed by atoms with E-state index in [9.17, 15) is 9.59 Å². The number of carbonyl (C=O) groups excluding carboxylic acids is 2. The molecular weight excluding hydrogens is 298 g/mol. The standard InChI is InChI=1S/C15H19N5O3/c1-19(9-11-8-16-20(2)10-11)14(21)17-12-5-4-6-13(7-12)18-15(22)23-3/h4-8,10H,9H2,1-3H3,(H,17,21)(H,18,22). The number of hydrogen-bond acceptors (Lipinski definition) is 4. The second-order valence-electron chi connectivity index (χ2n) is 5.01. The molecule has 0 unspecified atom stereocenters. The highest BCUT2D eigenvalue weighted by Gasteiger charge is 2.11. The summed E-state index contributed by atoms with van der Waals surface area (Å²) in [5, 5.41) is 9.37. The lowest BCUT2D eigenvalue weighted by molar-refractivity contribution is 0.187. The summed E-state index contributed by atoms with van der Waals surface area (Å²) in [6.45, 7) is 0.444. The molecule has 0 radical (unpaired) electrons. The Bertz CT molecular complexity index is 698. The molecule has 0 saturated heterocycles. The van der Waals surface area contributed by atoms with Crippen LogP contribution in [0.2, 0.25) is 0 Å². The van der Waals surface area contributed by atoms with Gasteiger partial charge in [0.15, 0.2) is 0 Å². The van der Waals surface area contributed by atoms with E-state index < -0.39 is 6.09 Å². The van der Waals surface area contributed by atoms with E-state index in [-0.39, 0.29) is 6.03 Å². The predicted molar refractivity (Wildman–Crippen MR) is 86.2 cm³/mol. The van der Waals surface area contributed by atoms with Gasteiger partial charge in [-0.2, -0.15) is 5.10 Å². The third kappa shape index (κ3) is 4.73. The van der Waals surface area contributed by atoms with Crippen molar-refractivity contribution in [3.8, 4) is 0 Å². The first kappa shape index (κ1) is 16.3. The number of nitrogens with one attached hydrogen (secondary N) is 2. The summed E-state index contributed by atoms with van der Waals surface area (Å²) in [6, 6.07) is 6.54. The second-order valence-corrected chi connectivity index (χ2v) is 5.01. The normalized spacial score (nSPS) is 10.0. The largest absolute Gasteiger partial charge is 0.453 e. The number of nitrogens with zero attached hydrogens (tertiary/aromatic N) is 3. The van der Waals surface area contributed by atoms with E-state index >= 15 is 0 Å². The van der Waals surface area contributed by atoms with Crippen molar-refractivity contribution < 1.29 is 14.3 Å². The summed E-state index contributed by atoms with van der Waals surface area (Å²) in [5.74, 6) is 0. The predicted octanol–water partition coefficient (Wildman–Crippen LogP) is 2.26. The fourth-order valence-corrected chi connectivity index (χ4v) is 1.96. The zero-order valence-electron chi connectivity index (χ0n) is 13.2. The number of benzene rings is 1. The highest BCUT2D eigenvalue weighted by atomic mass is 16.5. The molecule has 2 aromatic rings. The molecule has 122 valence electrons. The van der Waals surface area contributed by atoms with Gasteiger partial charge in [-0.1, -0.05) is 6.07 Å². The number of urea groups is 1. The smallest absolute Gasteiger partial charge is 0.411 e. The second kappa shape index (κ2) is 7.30. The topological polar surface area (TPSA) is 88.5 Å². The van der Waals surface area contributed by atoms with Gasteiger partial charge in [0, 0.05) is 37.2 Å². The van der Waals surface area contributed by atoms with Gasteiger partial charge < -0.3 is 15.0 Å². The Morgan fingerprint density at radius 1 is 1.30 bits per heavy atom. The van der Waals surface area contributed by atoms with Crippen LogP contribution in [0.1, 0.15) is 5.56 Å². The van der Waals surface area contributed by atoms with Crippen molar-refractivity contribution in [2.75, 3.05) is 24.8 Å². The van der Waals surface area contributed by atoms with Gasteiger partial charge >= 0.3 is 12.1 Å². The zero-order chi connectivity index (χ0) is 16.8. The Morgan fingerprint density at radius 3 is 2.61 bits per heavy atom. The quantitative estimate of drug-likeness (QED) is 0.905. The van der Waals surface area contributed by atoms with Crippen LogP contribution in [0.3, 0.4) is 0 Å². The van der Waals surface area contributed by atoms with E-state index in [1.807, 2.05) is 13.2 Å². The minimum absolute atomic E-state index is 0.260. The molecule has 1 heterocycles. The lowest BCUT2D eigenvalue weighted by Gasteiger charge is -2.17. The van der Waals surface area contributed by atoms with Crippen molar-refractivity contribution in [2.24, 2.45) is 7.05 Å². The Hall–Kier alpha value is -3.03. The molecule has 0 saturated carbocycles. The van der Waals surface area contributed by atoms with Crippen molar-refractivity contribution in [3.63, 3.8) is 0 Å². The number of rotatable bonds is 4. The molecule has 0 aliphatic carbocycles. The molecule has 2 N–H and O–H groups in total. The van der Waals surface area contributed by atoms with Crippen LogP contribution in [-0.2, 0) is 18.3 Å². The maximum absolute atomic E-state index is 12.2. The number of amides is 3. The van der Waals surface area contributed by atoms with E-state index in [4.69, 9.17) is 0 Å². The van der Waals surface area contributed by atoms with Crippen molar-refractivity contribution in [1.82, 2.24) is 14.7 Å². The molecule has 3 amide bonds. The van der Waals surface area contributed by atoms with Crippen LogP contribution in [-0.4, -0.2) is 41.0 Å². The minimum Gasteiger partial charge on any atom is -0.453 e. The highest BCUT2D eigenvalue weighted by Crippen LogP contribution is 2.16. The molecule has 0 fully saturated rings. The zero-order valence-corrected chi connectivity index (χ0v) is 13.2. The van der Waals surface area contributed by atoms with Gasteiger partial charge in [-0.15, -0.1) is 0 Å². The van der Waals surface area contributed by atoms with Gasteiger partial charge in [0.1, 0.15) is 0 Å². The average molecular weight is 317 g/mol. The summed E-state index contributed by atoms with van der Waals surface area (Å²) in [5.41, 5.74) is 2.04. The van der Waals surface area contributed by atoms with E-state index in [0.29, 0.717) is 17.9 Å². The van der Waals surface area contributed by atoms with Crippen LogP contribution in [0, 0.1) is 0 Å². The molecule has 8 nitrogen and oxygen atoms in total. The molecule has 0 spiro atoms. The first-order valence-corrected chi connectivity index (χ1v) is 6.92. The van der Waals surface area contributed by atoms with Gasteiger partial charge in [-0.25, -0.2) is 9.59 Å². The molecule has 0 aliphatic rings. The van der Waals surface area contributed by atoms with Crippen LogP contribution in [0.4, 0.5) is 21.0 Å². The maximum atomic E-state index is 12.2. The SMILES string of the molecule is COC(=O)Nc1cccc(NC(=O)N(C)Cc2cnn(C)c2)c1. The van der Waals surface area contributed by atoms with E-state index in [1.54, 1.807) is 42.2 Å². The van der Waals surface area contributed by atoms with E-state index in [2.05, 4.69) is 20.5 Å². The van der Waals surface area contributed by atoms with Gasteiger partial charge in [-0.3, -0.25) is 10.00 Å². The maximum Gasteiger partial charge on any atom is 0.411 e. The molecule has 23 heavy (non-hydrogen) atoms. The summed E-state index contributed by atoms with van der Waals surface area (Å²) in [4.78, 5) is 24.9. The highest BCUT2D eigenvalue weighted by molar-refractivity contribution is 5.91. The third-order valence-corrected chi connectivity index (χ3v) is 3.07. The van der Waals surface area contributed by atoms with Gasteiger partial charge in [-0.05, 0) is 18.2 Å². The molecule has 8 heteroatoms. The molecule has 1 aromatic carbocycles. The number of hydrogen-bond donors (Lipinski definition) is 2. The summed E-state index contributed by atoms with van der Waals surface area (Å²) >= 11 is 0. The van der Waals surface area contributed by atoms with Crippen LogP contribution in [0.5, 0.6) is 0 Å². The third-order valence-electron chi connectivity index (χ3n) is 3.07. The minimum atomic E-state index is -0.567. The van der Waals surface area contributed by atoms with Gasteiger partial charge in [0.25, 0.3) is 0 Å². The van der Waals surface area contributed by atoms with E-state index in [1.165, 1.54) is 12.0 Å². The van der Waals surface area contributed by atoms with Crippen molar-refractivity contribution in [2.45, 2.75) is 6.54 Å². The first-order valence-electron chi connectivity index (χ1n) is 6.92. The number of aryl methyl sites for hydroxylation is 1. The fourth-order valence-electron chi connectivity index (χ4n) is 1.96. The lowest BCUT2D eigenvalue weighted by atomic mass is 10.3. The number of methoxy groups -OCH3 is 1. The molecule has 1 aromatic heterocycles. The number of carbonyl (C=O) groups is 2. The molecule has 0 aliphatic heterocycles. The van der Waals surface area contributed by atoms with Crippen LogP contribution < -0.4 is 10.6 Å². The fraction of sp³-hybridized carbons (Fsp3) is 0.267. The van der Waals surface area contributed by atoms with E-state index in [0.717, 1.165) is 5.56 Å². The molecular formula is C15H19N5O3. The van der Waals surface area contributed by atoms with Crippen LogP contribution in [0.25, 0.3) is 0 Å². The summed E-state index contributed by atoms with van der Waals surface area (Å²) in [7, 11) is 4.80. The average Bonchev–Trinajstić information content (AvgIpc) is 2.92. The van der Waals surface area contributed by atoms with Gasteiger partial charge in [0.2, 0.25) is 0 Å². The first-order chi connectivity index (χ1) is 11.0. The molecule has 0 atom stereocenters. The molecule has 0 bridgehead atoms. The number of ether oxygens (including phenoxy) is 1. The van der Waals surface area contributed by atoms with Crippen molar-refractivity contribution in [3.05, 3.63) is 42.2 Å².